The van der Waals surface area contributed by atoms with Crippen LogP contribution in [0.1, 0.15) is 16.1 Å². The Morgan fingerprint density at radius 2 is 1.87 bits per heavy atom. The maximum Gasteiger partial charge on any atom is 0.573 e. The minimum atomic E-state index is -4.89. The molecule has 3 aromatic heterocycles. The van der Waals surface area contributed by atoms with Gasteiger partial charge in [-0.1, -0.05) is 5.21 Å². The highest BCUT2D eigenvalue weighted by Gasteiger charge is 2.32. The van der Waals surface area contributed by atoms with Crippen molar-refractivity contribution >= 4 is 17.3 Å². The average Bonchev–Trinajstić information content (AvgIpc) is 3.40. The summed E-state index contributed by atoms with van der Waals surface area (Å²) in [6.07, 6.45) is 1.62. The normalized spacial score (nSPS) is 14.3. The van der Waals surface area contributed by atoms with Crippen molar-refractivity contribution < 1.29 is 22.7 Å². The van der Waals surface area contributed by atoms with Crippen molar-refractivity contribution in [3.05, 3.63) is 72.4 Å². The first kappa shape index (κ1) is 26.1. The third-order valence-electron chi connectivity index (χ3n) is 6.27. The Morgan fingerprint density at radius 1 is 1.08 bits per heavy atom. The molecule has 1 N–H and O–H groups in total. The Balaban J connectivity index is 1.40. The number of aromatic nitrogens is 5. The molecule has 0 saturated carbocycles. The van der Waals surface area contributed by atoms with E-state index in [1.54, 1.807) is 43.7 Å². The lowest BCUT2D eigenvalue weighted by atomic mass is 10.1. The summed E-state index contributed by atoms with van der Waals surface area (Å²) in [7, 11) is 1.97. The van der Waals surface area contributed by atoms with E-state index < -0.39 is 18.0 Å². The van der Waals surface area contributed by atoms with Crippen LogP contribution in [0.5, 0.6) is 5.75 Å². The highest BCUT2D eigenvalue weighted by Crippen LogP contribution is 2.30. The molecule has 13 heteroatoms. The van der Waals surface area contributed by atoms with Gasteiger partial charge in [0.15, 0.2) is 0 Å². The van der Waals surface area contributed by atoms with E-state index >= 15 is 0 Å². The average molecular weight is 539 g/mol. The number of hydrogen-bond acceptors (Lipinski definition) is 8. The van der Waals surface area contributed by atoms with Gasteiger partial charge in [0, 0.05) is 61.5 Å². The predicted octanol–water partition coefficient (Wildman–Crippen LogP) is 3.94. The first-order valence-corrected chi connectivity index (χ1v) is 12.1. The van der Waals surface area contributed by atoms with Gasteiger partial charge in [-0.15, -0.1) is 18.3 Å². The molecule has 0 radical (unpaired) electrons. The van der Waals surface area contributed by atoms with Gasteiger partial charge in [0.25, 0.3) is 5.91 Å². The molecule has 1 aliphatic rings. The van der Waals surface area contributed by atoms with Crippen LogP contribution >= 0.6 is 0 Å². The minimum Gasteiger partial charge on any atom is -0.406 e. The topological polar surface area (TPSA) is 101 Å². The van der Waals surface area contributed by atoms with E-state index in [-0.39, 0.29) is 5.56 Å². The summed E-state index contributed by atoms with van der Waals surface area (Å²) >= 11 is 0. The minimum absolute atomic E-state index is 0.0208. The summed E-state index contributed by atoms with van der Waals surface area (Å²) in [5, 5.41) is 11.1. The second kappa shape index (κ2) is 10.7. The van der Waals surface area contributed by atoms with Crippen molar-refractivity contribution in [1.82, 2.24) is 29.9 Å². The lowest BCUT2D eigenvalue weighted by molar-refractivity contribution is -0.274. The molecule has 0 aliphatic carbocycles. The molecule has 0 spiro atoms. The van der Waals surface area contributed by atoms with Gasteiger partial charge < -0.3 is 19.9 Å². The van der Waals surface area contributed by atoms with Crippen molar-refractivity contribution in [2.45, 2.75) is 13.3 Å². The fourth-order valence-electron chi connectivity index (χ4n) is 4.21. The molecule has 1 aliphatic heterocycles. The third kappa shape index (κ3) is 6.32. The Kier molecular flexibility index (Phi) is 7.15. The van der Waals surface area contributed by atoms with Gasteiger partial charge in [-0.05, 0) is 44.3 Å². The van der Waals surface area contributed by atoms with E-state index in [1.165, 1.54) is 16.9 Å². The summed E-state index contributed by atoms with van der Waals surface area (Å²) < 4.78 is 44.8. The molecule has 1 amide bonds. The maximum atomic E-state index is 13.2. The highest BCUT2D eigenvalue weighted by atomic mass is 19.4. The molecule has 1 fully saturated rings. The number of piperazine rings is 1. The molecule has 39 heavy (non-hydrogen) atoms. The Morgan fingerprint density at radius 3 is 2.59 bits per heavy atom. The quantitative estimate of drug-likeness (QED) is 0.394. The number of rotatable bonds is 6. The van der Waals surface area contributed by atoms with Gasteiger partial charge in [0.1, 0.15) is 11.4 Å². The standard InChI is InChI=1S/C26H25F3N8O2/c1-17-24(37-16-23(33-34-37)18-4-3-5-30-14-18)12-20(15-31-17)32-25(38)19-10-21(36-8-6-35(2)7-9-36)13-22(11-19)39-26(27,28)29/h3-5,10-16H,6-9H2,1-2H3,(H,32,38). The number of nitrogens with zero attached hydrogens (tertiary/aromatic N) is 7. The first-order chi connectivity index (χ1) is 18.6. The molecule has 0 bridgehead atoms. The second-order valence-electron chi connectivity index (χ2n) is 9.13. The monoisotopic (exact) mass is 538 g/mol. The van der Waals surface area contributed by atoms with Crippen molar-refractivity contribution in [1.29, 1.82) is 0 Å². The van der Waals surface area contributed by atoms with E-state index in [9.17, 15) is 18.0 Å². The molecule has 4 aromatic rings. The SMILES string of the molecule is Cc1ncc(NC(=O)c2cc(OC(F)(F)F)cc(N3CCN(C)CC3)c2)cc1-n1cc(-c2cccnc2)nn1. The van der Waals surface area contributed by atoms with Crippen molar-refractivity contribution in [2.75, 3.05) is 43.4 Å². The van der Waals surface area contributed by atoms with E-state index in [0.29, 0.717) is 41.5 Å². The van der Waals surface area contributed by atoms with Gasteiger partial charge in [0.05, 0.1) is 29.5 Å². The van der Waals surface area contributed by atoms with Crippen LogP contribution < -0.4 is 15.0 Å². The first-order valence-electron chi connectivity index (χ1n) is 12.1. The number of aryl methyl sites for hydroxylation is 1. The van der Waals surface area contributed by atoms with Gasteiger partial charge in [-0.3, -0.25) is 14.8 Å². The van der Waals surface area contributed by atoms with Crippen molar-refractivity contribution in [3.8, 4) is 22.7 Å². The molecular formula is C26H25F3N8O2. The molecule has 1 saturated heterocycles. The fourth-order valence-corrected chi connectivity index (χ4v) is 4.21. The van der Waals surface area contributed by atoms with Crippen LogP contribution in [0, 0.1) is 6.92 Å². The third-order valence-corrected chi connectivity index (χ3v) is 6.27. The van der Waals surface area contributed by atoms with Crippen LogP contribution in [-0.4, -0.2) is 75.4 Å². The number of amides is 1. The molecular weight excluding hydrogens is 513 g/mol. The van der Waals surface area contributed by atoms with Crippen LogP contribution in [0.15, 0.2) is 61.2 Å². The number of hydrogen-bond donors (Lipinski definition) is 1. The summed E-state index contributed by atoms with van der Waals surface area (Å²) in [4.78, 5) is 25.7. The van der Waals surface area contributed by atoms with Gasteiger partial charge in [-0.2, -0.15) is 0 Å². The van der Waals surface area contributed by atoms with Crippen LogP contribution in [0.3, 0.4) is 0 Å². The van der Waals surface area contributed by atoms with Gasteiger partial charge in [0.2, 0.25) is 0 Å². The number of pyridine rings is 2. The molecule has 1 aromatic carbocycles. The zero-order valence-corrected chi connectivity index (χ0v) is 21.2. The molecule has 10 nitrogen and oxygen atoms in total. The Bertz CT molecular complexity index is 1470. The molecule has 4 heterocycles. The fraction of sp³-hybridized carbons (Fsp3) is 0.269. The predicted molar refractivity (Wildman–Crippen MR) is 138 cm³/mol. The van der Waals surface area contributed by atoms with Gasteiger partial charge >= 0.3 is 6.36 Å². The number of ether oxygens (including phenoxy) is 1. The van der Waals surface area contributed by atoms with E-state index in [2.05, 4.69) is 35.2 Å². The lowest BCUT2D eigenvalue weighted by Gasteiger charge is -2.34. The molecule has 202 valence electrons. The second-order valence-corrected chi connectivity index (χ2v) is 9.13. The number of likely N-dealkylation sites (N-methyl/N-ethyl adjacent to an activating group) is 1. The number of nitrogens with one attached hydrogen (secondary N) is 1. The smallest absolute Gasteiger partial charge is 0.406 e. The Hall–Kier alpha value is -4.52. The summed E-state index contributed by atoms with van der Waals surface area (Å²) in [5.74, 6) is -1.07. The zero-order chi connectivity index (χ0) is 27.6. The number of alkyl halides is 3. The van der Waals surface area contributed by atoms with E-state index in [0.717, 1.165) is 24.7 Å². The zero-order valence-electron chi connectivity index (χ0n) is 21.2. The molecule has 0 atom stereocenters. The number of anilines is 2. The number of carbonyl (C=O) groups is 1. The number of halogens is 3. The number of carbonyl (C=O) groups excluding carboxylic acids is 1. The van der Waals surface area contributed by atoms with E-state index in [4.69, 9.17) is 0 Å². The van der Waals surface area contributed by atoms with Crippen LogP contribution in [0.4, 0.5) is 24.5 Å². The van der Waals surface area contributed by atoms with Crippen LogP contribution in [-0.2, 0) is 0 Å². The maximum absolute atomic E-state index is 13.2. The number of benzene rings is 1. The summed E-state index contributed by atoms with van der Waals surface area (Å²) in [6, 6.07) is 9.24. The van der Waals surface area contributed by atoms with Crippen molar-refractivity contribution in [2.24, 2.45) is 0 Å². The lowest BCUT2D eigenvalue weighted by Crippen LogP contribution is -2.44. The van der Waals surface area contributed by atoms with Gasteiger partial charge in [-0.25, -0.2) is 4.68 Å². The Labute approximate surface area is 222 Å². The highest BCUT2D eigenvalue weighted by molar-refractivity contribution is 6.05. The van der Waals surface area contributed by atoms with Crippen LogP contribution in [0.2, 0.25) is 0 Å². The summed E-state index contributed by atoms with van der Waals surface area (Å²) in [6.45, 7) is 4.49. The van der Waals surface area contributed by atoms with E-state index in [1.807, 2.05) is 18.0 Å². The molecule has 0 unspecified atom stereocenters. The molecule has 5 rings (SSSR count). The van der Waals surface area contributed by atoms with Crippen LogP contribution in [0.25, 0.3) is 16.9 Å². The summed E-state index contributed by atoms with van der Waals surface area (Å²) in [5.41, 5.74) is 3.43. The largest absolute Gasteiger partial charge is 0.573 e. The van der Waals surface area contributed by atoms with Crippen molar-refractivity contribution in [3.63, 3.8) is 0 Å².